The van der Waals surface area contributed by atoms with E-state index >= 15 is 0 Å². The second kappa shape index (κ2) is 12.0. The summed E-state index contributed by atoms with van der Waals surface area (Å²) in [5.74, 6) is 1.93. The summed E-state index contributed by atoms with van der Waals surface area (Å²) < 4.78 is 5.25. The van der Waals surface area contributed by atoms with E-state index < -0.39 is 0 Å². The first-order chi connectivity index (χ1) is 12.2. The zero-order valence-corrected chi connectivity index (χ0v) is 18.3. The molecule has 1 fully saturated rings. The van der Waals surface area contributed by atoms with Crippen LogP contribution in [0.3, 0.4) is 0 Å². The number of benzene rings is 1. The minimum absolute atomic E-state index is 0. The molecule has 1 aliphatic heterocycles. The second-order valence-electron chi connectivity index (χ2n) is 6.28. The molecule has 146 valence electrons. The SMILES string of the molecule is CCC(=O)N1CCC(NC(=NC)NCCCc2cccc(OC)c2)C1.I. The molecule has 1 atom stereocenters. The predicted octanol–water partition coefficient (Wildman–Crippen LogP) is 2.42. The molecule has 0 aliphatic carbocycles. The quantitative estimate of drug-likeness (QED) is 0.276. The molecule has 0 aromatic heterocycles. The number of methoxy groups -OCH3 is 1. The lowest BCUT2D eigenvalue weighted by molar-refractivity contribution is -0.129. The van der Waals surface area contributed by atoms with Gasteiger partial charge in [0, 0.05) is 39.1 Å². The van der Waals surface area contributed by atoms with Crippen molar-refractivity contribution in [3.05, 3.63) is 29.8 Å². The maximum atomic E-state index is 11.7. The van der Waals surface area contributed by atoms with E-state index in [0.717, 1.165) is 50.6 Å². The van der Waals surface area contributed by atoms with Crippen LogP contribution in [0.15, 0.2) is 29.3 Å². The Hall–Kier alpha value is -1.51. The van der Waals surface area contributed by atoms with E-state index in [2.05, 4.69) is 27.8 Å². The van der Waals surface area contributed by atoms with Crippen LogP contribution in [0.25, 0.3) is 0 Å². The maximum Gasteiger partial charge on any atom is 0.222 e. The van der Waals surface area contributed by atoms with Gasteiger partial charge in [0.05, 0.1) is 7.11 Å². The van der Waals surface area contributed by atoms with Crippen molar-refractivity contribution in [2.75, 3.05) is 33.8 Å². The molecule has 2 N–H and O–H groups in total. The number of ether oxygens (including phenoxy) is 1. The Kier molecular flexibility index (Phi) is 10.4. The Bertz CT molecular complexity index is 595. The van der Waals surface area contributed by atoms with Gasteiger partial charge in [-0.25, -0.2) is 0 Å². The third-order valence-electron chi connectivity index (χ3n) is 4.48. The number of likely N-dealkylation sites (tertiary alicyclic amines) is 1. The monoisotopic (exact) mass is 474 g/mol. The molecule has 26 heavy (non-hydrogen) atoms. The Morgan fingerprint density at radius 1 is 1.42 bits per heavy atom. The third kappa shape index (κ3) is 7.01. The van der Waals surface area contributed by atoms with Crippen molar-refractivity contribution in [1.29, 1.82) is 0 Å². The van der Waals surface area contributed by atoms with Gasteiger partial charge in [0.2, 0.25) is 5.91 Å². The summed E-state index contributed by atoms with van der Waals surface area (Å²) >= 11 is 0. The van der Waals surface area contributed by atoms with Crippen molar-refractivity contribution in [2.45, 2.75) is 38.6 Å². The molecule has 0 bridgehead atoms. The summed E-state index contributed by atoms with van der Waals surface area (Å²) in [6, 6.07) is 8.45. The first kappa shape index (κ1) is 22.5. The van der Waals surface area contributed by atoms with Gasteiger partial charge in [-0.15, -0.1) is 24.0 Å². The molecule has 0 spiro atoms. The fourth-order valence-corrected chi connectivity index (χ4v) is 3.04. The second-order valence-corrected chi connectivity index (χ2v) is 6.28. The minimum Gasteiger partial charge on any atom is -0.497 e. The van der Waals surface area contributed by atoms with E-state index in [1.165, 1.54) is 5.56 Å². The molecular weight excluding hydrogens is 443 g/mol. The first-order valence-corrected chi connectivity index (χ1v) is 9.04. The summed E-state index contributed by atoms with van der Waals surface area (Å²) in [5.41, 5.74) is 1.27. The fourth-order valence-electron chi connectivity index (χ4n) is 3.04. The van der Waals surface area contributed by atoms with Gasteiger partial charge in [0.25, 0.3) is 0 Å². The van der Waals surface area contributed by atoms with Crippen LogP contribution in [-0.4, -0.2) is 56.6 Å². The number of amides is 1. The highest BCUT2D eigenvalue weighted by molar-refractivity contribution is 14.0. The van der Waals surface area contributed by atoms with Gasteiger partial charge in [-0.2, -0.15) is 0 Å². The molecule has 0 radical (unpaired) electrons. The van der Waals surface area contributed by atoms with Crippen LogP contribution in [0.4, 0.5) is 0 Å². The fraction of sp³-hybridized carbons (Fsp3) is 0.579. The third-order valence-corrected chi connectivity index (χ3v) is 4.48. The molecular formula is C19H31IN4O2. The summed E-state index contributed by atoms with van der Waals surface area (Å²) in [6.07, 6.45) is 3.54. The van der Waals surface area contributed by atoms with Crippen LogP contribution >= 0.6 is 24.0 Å². The van der Waals surface area contributed by atoms with Crippen molar-refractivity contribution in [1.82, 2.24) is 15.5 Å². The molecule has 6 nitrogen and oxygen atoms in total. The van der Waals surface area contributed by atoms with Gasteiger partial charge in [0.1, 0.15) is 5.75 Å². The highest BCUT2D eigenvalue weighted by Crippen LogP contribution is 2.13. The maximum absolute atomic E-state index is 11.7. The number of hydrogen-bond acceptors (Lipinski definition) is 3. The summed E-state index contributed by atoms with van der Waals surface area (Å²) in [5, 5.41) is 6.77. The molecule has 1 saturated heterocycles. The van der Waals surface area contributed by atoms with Crippen LogP contribution in [0.2, 0.25) is 0 Å². The van der Waals surface area contributed by atoms with Crippen LogP contribution in [0.5, 0.6) is 5.75 Å². The van der Waals surface area contributed by atoms with Crippen LogP contribution in [0.1, 0.15) is 31.7 Å². The van der Waals surface area contributed by atoms with Crippen LogP contribution in [0, 0.1) is 0 Å². The lowest BCUT2D eigenvalue weighted by atomic mass is 10.1. The van der Waals surface area contributed by atoms with Gasteiger partial charge in [-0.3, -0.25) is 9.79 Å². The summed E-state index contributed by atoms with van der Waals surface area (Å²) in [4.78, 5) is 18.0. The van der Waals surface area contributed by atoms with E-state index in [0.29, 0.717) is 6.42 Å². The molecule has 1 aromatic carbocycles. The van der Waals surface area contributed by atoms with Crippen molar-refractivity contribution in [2.24, 2.45) is 4.99 Å². The van der Waals surface area contributed by atoms with E-state index in [4.69, 9.17) is 4.74 Å². The molecule has 2 rings (SSSR count). The van der Waals surface area contributed by atoms with Gasteiger partial charge < -0.3 is 20.3 Å². The van der Waals surface area contributed by atoms with Gasteiger partial charge in [-0.1, -0.05) is 19.1 Å². The van der Waals surface area contributed by atoms with E-state index in [9.17, 15) is 4.79 Å². The largest absolute Gasteiger partial charge is 0.497 e. The molecule has 1 heterocycles. The number of aryl methyl sites for hydroxylation is 1. The Labute approximate surface area is 173 Å². The molecule has 0 saturated carbocycles. The standard InChI is InChI=1S/C19H30N4O2.HI/c1-4-18(24)23-12-10-16(14-23)22-19(20-2)21-11-6-8-15-7-5-9-17(13-15)25-3;/h5,7,9,13,16H,4,6,8,10-12,14H2,1-3H3,(H2,20,21,22);1H. The van der Waals surface area contributed by atoms with Gasteiger partial charge in [0.15, 0.2) is 5.96 Å². The molecule has 1 amide bonds. The molecule has 1 aliphatic rings. The lowest BCUT2D eigenvalue weighted by Gasteiger charge is -2.18. The molecule has 1 unspecified atom stereocenters. The predicted molar refractivity (Wildman–Crippen MR) is 117 cm³/mol. The Morgan fingerprint density at radius 3 is 2.92 bits per heavy atom. The summed E-state index contributed by atoms with van der Waals surface area (Å²) in [6.45, 7) is 4.35. The number of nitrogens with one attached hydrogen (secondary N) is 2. The Morgan fingerprint density at radius 2 is 2.23 bits per heavy atom. The van der Waals surface area contributed by atoms with Crippen molar-refractivity contribution in [3.63, 3.8) is 0 Å². The van der Waals surface area contributed by atoms with Crippen molar-refractivity contribution < 1.29 is 9.53 Å². The van der Waals surface area contributed by atoms with Crippen LogP contribution < -0.4 is 15.4 Å². The number of guanidine groups is 1. The average molecular weight is 474 g/mol. The van der Waals surface area contributed by atoms with Crippen molar-refractivity contribution >= 4 is 35.8 Å². The number of hydrogen-bond donors (Lipinski definition) is 2. The number of halogens is 1. The lowest BCUT2D eigenvalue weighted by Crippen LogP contribution is -2.45. The topological polar surface area (TPSA) is 66.0 Å². The number of nitrogens with zero attached hydrogens (tertiary/aromatic N) is 2. The van der Waals surface area contributed by atoms with Gasteiger partial charge in [-0.05, 0) is 37.0 Å². The number of rotatable bonds is 7. The average Bonchev–Trinajstić information content (AvgIpc) is 3.12. The van der Waals surface area contributed by atoms with Crippen LogP contribution in [-0.2, 0) is 11.2 Å². The van der Waals surface area contributed by atoms with Gasteiger partial charge >= 0.3 is 0 Å². The zero-order chi connectivity index (χ0) is 18.1. The first-order valence-electron chi connectivity index (χ1n) is 9.04. The highest BCUT2D eigenvalue weighted by Gasteiger charge is 2.25. The Balaban J connectivity index is 0.00000338. The highest BCUT2D eigenvalue weighted by atomic mass is 127. The van der Waals surface area contributed by atoms with E-state index in [1.54, 1.807) is 14.2 Å². The normalized spacial score (nSPS) is 16.8. The zero-order valence-electron chi connectivity index (χ0n) is 16.0. The van der Waals surface area contributed by atoms with E-state index in [1.807, 2.05) is 24.0 Å². The number of carbonyl (C=O) groups is 1. The van der Waals surface area contributed by atoms with Crippen molar-refractivity contribution in [3.8, 4) is 5.75 Å². The molecule has 7 heteroatoms. The number of aliphatic imine (C=N–C) groups is 1. The smallest absolute Gasteiger partial charge is 0.222 e. The summed E-state index contributed by atoms with van der Waals surface area (Å²) in [7, 11) is 3.47. The molecule has 1 aromatic rings. The number of carbonyl (C=O) groups excluding carboxylic acids is 1. The minimum atomic E-state index is 0. The van der Waals surface area contributed by atoms with E-state index in [-0.39, 0.29) is 35.9 Å².